The van der Waals surface area contributed by atoms with Crippen LogP contribution in [0.5, 0.6) is 5.75 Å². The zero-order valence-corrected chi connectivity index (χ0v) is 26.4. The number of hydrogen-bond donors (Lipinski definition) is 2. The van der Waals surface area contributed by atoms with Crippen LogP contribution in [0.2, 0.25) is 0 Å². The van der Waals surface area contributed by atoms with Crippen molar-refractivity contribution >= 4 is 45.2 Å². The molecule has 6 nitrogen and oxygen atoms in total. The summed E-state index contributed by atoms with van der Waals surface area (Å²) in [4.78, 5) is 4.31. The Kier molecular flexibility index (Phi) is 10.1. The van der Waals surface area contributed by atoms with Crippen LogP contribution in [0.4, 0.5) is 33.3 Å². The van der Waals surface area contributed by atoms with E-state index >= 15 is 0 Å². The largest absolute Gasteiger partial charge is 0.461 e. The van der Waals surface area contributed by atoms with E-state index < -0.39 is 38.8 Å². The highest BCUT2D eigenvalue weighted by Gasteiger charge is 2.33. The average molecular weight is 655 g/mol. The molecular weight excluding hydrogens is 618 g/mol. The quantitative estimate of drug-likeness (QED) is 0.172. The molecule has 13 heteroatoms. The maximum Gasteiger partial charge on any atom is 0.393 e. The third kappa shape index (κ3) is 7.68. The van der Waals surface area contributed by atoms with Gasteiger partial charge in [0.1, 0.15) is 19.1 Å². The number of ether oxygens (including phenoxy) is 1. The van der Waals surface area contributed by atoms with Gasteiger partial charge in [-0.3, -0.25) is 0 Å². The van der Waals surface area contributed by atoms with E-state index in [1.165, 1.54) is 0 Å². The minimum absolute atomic E-state index is 0.0500. The standard InChI is InChI=1S/C31H36F5N4O2PS/c1-39-13-15-43(41,16-14-39)21-8-9-26(28(17-21)42-20-32)37-11-4-7-29-23(18-31(34,35)36)22-5-3-6-27(30(22)44-29)38-25-10-12-40(2)19-24(25)33/h3,5-6,8-9,17,24-25,37-38H,10-16,18-20H2,1-2H3/t24-,25-/m0/s1. The Labute approximate surface area is 258 Å². The van der Waals surface area contributed by atoms with Crippen LogP contribution < -0.4 is 20.7 Å². The van der Waals surface area contributed by atoms with Crippen molar-refractivity contribution in [2.45, 2.75) is 31.2 Å². The molecule has 0 bridgehead atoms. The van der Waals surface area contributed by atoms with Gasteiger partial charge in [0.25, 0.3) is 0 Å². The number of rotatable bonds is 8. The molecule has 238 valence electrons. The summed E-state index contributed by atoms with van der Waals surface area (Å²) in [6.45, 7) is 1.42. The van der Waals surface area contributed by atoms with Gasteiger partial charge < -0.3 is 29.7 Å². The molecule has 44 heavy (non-hydrogen) atoms. The van der Waals surface area contributed by atoms with Crippen molar-refractivity contribution in [2.24, 2.45) is 0 Å². The van der Waals surface area contributed by atoms with E-state index in [1.54, 1.807) is 36.4 Å². The first-order chi connectivity index (χ1) is 21.0. The number of halogens is 5. The number of nitrogens with zero attached hydrogens (tertiary/aromatic N) is 2. The van der Waals surface area contributed by atoms with Crippen LogP contribution in [0.25, 0.3) is 10.1 Å². The number of thiophene rings is 1. The third-order valence-corrected chi connectivity index (χ3v) is 12.4. The second kappa shape index (κ2) is 13.7. The van der Waals surface area contributed by atoms with Crippen LogP contribution in [-0.2, 0) is 11.0 Å². The lowest BCUT2D eigenvalue weighted by Crippen LogP contribution is -2.46. The Morgan fingerprint density at radius 1 is 1.09 bits per heavy atom. The topological polar surface area (TPSA) is 56.8 Å². The minimum atomic E-state index is -4.44. The molecule has 3 heterocycles. The van der Waals surface area contributed by atoms with Crippen molar-refractivity contribution < 1.29 is 31.3 Å². The first-order valence-electron chi connectivity index (χ1n) is 14.5. The van der Waals surface area contributed by atoms with Crippen LogP contribution in [0, 0.1) is 11.8 Å². The predicted octanol–water partition coefficient (Wildman–Crippen LogP) is 6.16. The molecule has 2 saturated heterocycles. The van der Waals surface area contributed by atoms with Gasteiger partial charge in [-0.05, 0) is 55.7 Å². The lowest BCUT2D eigenvalue weighted by atomic mass is 10.0. The molecule has 0 radical (unpaired) electrons. The van der Waals surface area contributed by atoms with Crippen LogP contribution >= 0.6 is 18.5 Å². The fourth-order valence-corrected chi connectivity index (χ4v) is 9.62. The molecule has 0 spiro atoms. The van der Waals surface area contributed by atoms with Gasteiger partial charge in [0.15, 0.2) is 0 Å². The highest BCUT2D eigenvalue weighted by atomic mass is 32.1. The van der Waals surface area contributed by atoms with Gasteiger partial charge in [-0.2, -0.15) is 13.2 Å². The van der Waals surface area contributed by atoms with Crippen molar-refractivity contribution in [2.75, 3.05) is 76.6 Å². The molecule has 2 N–H and O–H groups in total. The molecule has 0 amide bonds. The van der Waals surface area contributed by atoms with Crippen LogP contribution in [0.3, 0.4) is 0 Å². The summed E-state index contributed by atoms with van der Waals surface area (Å²) in [6, 6.07) is 9.67. The Morgan fingerprint density at radius 2 is 1.86 bits per heavy atom. The molecule has 0 aliphatic carbocycles. The molecule has 1 aromatic heterocycles. The van der Waals surface area contributed by atoms with Crippen molar-refractivity contribution in [1.29, 1.82) is 0 Å². The van der Waals surface area contributed by atoms with E-state index in [2.05, 4.69) is 27.4 Å². The highest BCUT2D eigenvalue weighted by molar-refractivity contribution is 7.71. The third-order valence-electron chi connectivity index (χ3n) is 8.18. The van der Waals surface area contributed by atoms with Gasteiger partial charge >= 0.3 is 6.18 Å². The van der Waals surface area contributed by atoms with Crippen LogP contribution in [0.1, 0.15) is 16.9 Å². The number of nitrogens with one attached hydrogen (secondary N) is 2. The Morgan fingerprint density at radius 3 is 2.57 bits per heavy atom. The van der Waals surface area contributed by atoms with Gasteiger partial charge in [-0.1, -0.05) is 24.0 Å². The lowest BCUT2D eigenvalue weighted by Gasteiger charge is -2.33. The maximum absolute atomic E-state index is 14.7. The van der Waals surface area contributed by atoms with Crippen LogP contribution in [0.15, 0.2) is 36.4 Å². The van der Waals surface area contributed by atoms with Crippen molar-refractivity contribution in [1.82, 2.24) is 9.80 Å². The molecule has 2 fully saturated rings. The summed E-state index contributed by atoms with van der Waals surface area (Å²) in [5, 5.41) is 7.37. The molecule has 2 aromatic carbocycles. The van der Waals surface area contributed by atoms with Crippen molar-refractivity contribution in [3.63, 3.8) is 0 Å². The normalized spacial score (nSPS) is 21.1. The van der Waals surface area contributed by atoms with Crippen molar-refractivity contribution in [3.05, 3.63) is 46.8 Å². The maximum atomic E-state index is 14.7. The molecule has 2 atom stereocenters. The Bertz CT molecular complexity index is 1570. The van der Waals surface area contributed by atoms with Gasteiger partial charge in [-0.15, -0.1) is 11.3 Å². The van der Waals surface area contributed by atoms with Crippen molar-refractivity contribution in [3.8, 4) is 17.6 Å². The molecule has 2 aliphatic heterocycles. The smallest absolute Gasteiger partial charge is 0.393 e. The summed E-state index contributed by atoms with van der Waals surface area (Å²) >= 11 is 1.15. The fraction of sp³-hybridized carbons (Fsp3) is 0.484. The zero-order chi connectivity index (χ0) is 31.5. The molecule has 0 unspecified atom stereocenters. The number of likely N-dealkylation sites (tertiary alicyclic amines) is 1. The summed E-state index contributed by atoms with van der Waals surface area (Å²) in [7, 11) is 1.21. The average Bonchev–Trinajstić information content (AvgIpc) is 3.31. The summed E-state index contributed by atoms with van der Waals surface area (Å²) in [6.07, 6.45) is -5.03. The SMILES string of the molecule is CN1CCP(=O)(c2ccc(NCC#Cc3sc4c(N[C@H]5CCN(C)C[C@@H]5F)cccc4c3CC(F)(F)F)c(OCF)c2)CC1. The van der Waals surface area contributed by atoms with Gasteiger partial charge in [0.05, 0.1) is 40.0 Å². The van der Waals surface area contributed by atoms with Gasteiger partial charge in [0, 0.05) is 43.8 Å². The number of piperidine rings is 1. The van der Waals surface area contributed by atoms with Gasteiger partial charge in [0.2, 0.25) is 6.86 Å². The predicted molar refractivity (Wildman–Crippen MR) is 169 cm³/mol. The number of alkyl halides is 5. The zero-order valence-electron chi connectivity index (χ0n) is 24.6. The minimum Gasteiger partial charge on any atom is -0.461 e. The first-order valence-corrected chi connectivity index (χ1v) is 17.4. The summed E-state index contributed by atoms with van der Waals surface area (Å²) in [5.74, 6) is 6.00. The van der Waals surface area contributed by atoms with E-state index in [-0.39, 0.29) is 22.7 Å². The fourth-order valence-electron chi connectivity index (χ4n) is 5.68. The number of benzene rings is 2. The second-order valence-electron chi connectivity index (χ2n) is 11.4. The van der Waals surface area contributed by atoms with E-state index in [0.29, 0.717) is 65.1 Å². The monoisotopic (exact) mass is 654 g/mol. The first kappa shape index (κ1) is 32.6. The highest BCUT2D eigenvalue weighted by Crippen LogP contribution is 2.47. The molecule has 2 aliphatic rings. The second-order valence-corrected chi connectivity index (χ2v) is 15.6. The van der Waals surface area contributed by atoms with Gasteiger partial charge in [-0.25, -0.2) is 8.78 Å². The molecular formula is C31H36F5N4O2PS. The van der Waals surface area contributed by atoms with E-state index in [9.17, 15) is 26.5 Å². The van der Waals surface area contributed by atoms with E-state index in [1.807, 2.05) is 19.0 Å². The Balaban J connectivity index is 1.37. The van der Waals surface area contributed by atoms with E-state index in [4.69, 9.17) is 4.74 Å². The summed E-state index contributed by atoms with van der Waals surface area (Å²) < 4.78 is 88.2. The van der Waals surface area contributed by atoms with Crippen LogP contribution in [-0.4, -0.2) is 94.2 Å². The molecule has 5 rings (SSSR count). The summed E-state index contributed by atoms with van der Waals surface area (Å²) in [5.41, 5.74) is 1.12. The number of hydrogen-bond acceptors (Lipinski definition) is 7. The lowest BCUT2D eigenvalue weighted by molar-refractivity contribution is -0.126. The number of anilines is 2. The number of fused-ring (bicyclic) bond motifs is 1. The Hall–Kier alpha value is -2.84. The molecule has 0 saturated carbocycles. The van der Waals surface area contributed by atoms with E-state index in [0.717, 1.165) is 17.9 Å². The molecule has 3 aromatic rings.